The normalized spacial score (nSPS) is 21.0. The van der Waals surface area contributed by atoms with Crippen LogP contribution >= 0.6 is 0 Å². The van der Waals surface area contributed by atoms with E-state index in [-0.39, 0.29) is 4.90 Å². The van der Waals surface area contributed by atoms with Crippen molar-refractivity contribution in [2.45, 2.75) is 76.5 Å². The summed E-state index contributed by atoms with van der Waals surface area (Å²) in [6, 6.07) is 6.59. The van der Waals surface area contributed by atoms with Crippen molar-refractivity contribution >= 4 is 16.1 Å². The van der Waals surface area contributed by atoms with Crippen molar-refractivity contribution < 1.29 is 22.2 Å². The summed E-state index contributed by atoms with van der Waals surface area (Å²) in [5, 5.41) is 1.65. The lowest BCUT2D eigenvalue weighted by Gasteiger charge is -2.52. The molecule has 0 aromatic heterocycles. The van der Waals surface area contributed by atoms with E-state index in [0.29, 0.717) is 12.8 Å². The number of carbonyl (C=O) groups excluding carboxylic acids is 1. The Morgan fingerprint density at radius 2 is 1.56 bits per heavy atom. The van der Waals surface area contributed by atoms with Gasteiger partial charge in [0.15, 0.2) is 0 Å². The van der Waals surface area contributed by atoms with E-state index in [4.69, 9.17) is 9.02 Å². The summed E-state index contributed by atoms with van der Waals surface area (Å²) in [4.78, 5) is 17.0. The Hall–Kier alpha value is -1.44. The van der Waals surface area contributed by atoms with Crippen molar-refractivity contribution in [3.63, 3.8) is 0 Å². The van der Waals surface area contributed by atoms with E-state index in [9.17, 15) is 13.2 Å². The van der Waals surface area contributed by atoms with Crippen LogP contribution in [-0.2, 0) is 23.9 Å². The third-order valence-electron chi connectivity index (χ3n) is 4.35. The van der Waals surface area contributed by atoms with Gasteiger partial charge in [0.05, 0.1) is 22.1 Å². The summed E-state index contributed by atoms with van der Waals surface area (Å²) >= 11 is 0. The van der Waals surface area contributed by atoms with Crippen LogP contribution in [0.25, 0.3) is 0 Å². The summed E-state index contributed by atoms with van der Waals surface area (Å²) in [5.74, 6) is -0.396. The maximum atomic E-state index is 12.6. The third kappa shape index (κ3) is 4.59. The minimum absolute atomic E-state index is 0.149. The molecule has 1 saturated heterocycles. The first-order chi connectivity index (χ1) is 11.3. The highest BCUT2D eigenvalue weighted by Gasteiger charge is 2.49. The molecule has 1 aliphatic heterocycles. The molecule has 2 rings (SSSR count). The highest BCUT2D eigenvalue weighted by Crippen LogP contribution is 2.40. The van der Waals surface area contributed by atoms with Crippen molar-refractivity contribution in [2.24, 2.45) is 0 Å². The predicted octanol–water partition coefficient (Wildman–Crippen LogP) is 3.20. The number of hydrogen-bond donors (Lipinski definition) is 0. The largest absolute Gasteiger partial charge is 0.367 e. The molecule has 0 atom stereocenters. The van der Waals surface area contributed by atoms with Gasteiger partial charge in [-0.3, -0.25) is 8.98 Å². The monoisotopic (exact) mass is 369 g/mol. The van der Waals surface area contributed by atoms with E-state index in [0.717, 1.165) is 5.56 Å². The number of hydroxylamine groups is 2. The van der Waals surface area contributed by atoms with E-state index >= 15 is 0 Å². The zero-order chi connectivity index (χ0) is 19.0. The minimum atomic E-state index is -3.84. The standard InChI is InChI=1S/C18H27NO5S/c1-13-7-9-16(10-8-13)25(21,22)24-15-11-17(3,4)19(23-14(2)20)18(5,6)12-15/h7-10,15H,11-12H2,1-6H3. The van der Waals surface area contributed by atoms with Gasteiger partial charge in [-0.25, -0.2) is 0 Å². The lowest BCUT2D eigenvalue weighted by atomic mass is 9.80. The second-order valence-electron chi connectivity index (χ2n) is 7.90. The summed E-state index contributed by atoms with van der Waals surface area (Å²) in [6.07, 6.45) is 0.354. The summed E-state index contributed by atoms with van der Waals surface area (Å²) < 4.78 is 30.7. The molecular formula is C18H27NO5S. The first-order valence-electron chi connectivity index (χ1n) is 8.32. The van der Waals surface area contributed by atoms with Gasteiger partial charge in [-0.2, -0.15) is 8.42 Å². The Kier molecular flexibility index (Phi) is 5.33. The zero-order valence-corrected chi connectivity index (χ0v) is 16.5. The van der Waals surface area contributed by atoms with Gasteiger partial charge in [0, 0.05) is 6.92 Å². The van der Waals surface area contributed by atoms with E-state index in [1.807, 2.05) is 34.6 Å². The number of carbonyl (C=O) groups is 1. The van der Waals surface area contributed by atoms with Gasteiger partial charge in [0.1, 0.15) is 0 Å². The highest BCUT2D eigenvalue weighted by atomic mass is 32.2. The summed E-state index contributed by atoms with van der Waals surface area (Å²) in [5.41, 5.74) is -0.127. The van der Waals surface area contributed by atoms with Gasteiger partial charge in [-0.05, 0) is 59.6 Å². The molecule has 25 heavy (non-hydrogen) atoms. The van der Waals surface area contributed by atoms with Crippen molar-refractivity contribution in [3.05, 3.63) is 29.8 Å². The average molecular weight is 369 g/mol. The molecule has 0 saturated carbocycles. The topological polar surface area (TPSA) is 72.9 Å². The minimum Gasteiger partial charge on any atom is -0.367 e. The van der Waals surface area contributed by atoms with E-state index in [1.54, 1.807) is 29.3 Å². The Morgan fingerprint density at radius 3 is 2.00 bits per heavy atom. The molecule has 7 heteroatoms. The van der Waals surface area contributed by atoms with Crippen molar-refractivity contribution in [1.29, 1.82) is 0 Å². The quantitative estimate of drug-likeness (QED) is 0.759. The Labute approximate surface area is 150 Å². The van der Waals surface area contributed by atoms with Gasteiger partial charge in [0.2, 0.25) is 0 Å². The molecule has 1 heterocycles. The SMILES string of the molecule is CC(=O)ON1C(C)(C)CC(OS(=O)(=O)c2ccc(C)cc2)CC1(C)C. The number of hydrogen-bond acceptors (Lipinski definition) is 6. The molecule has 1 aromatic rings. The van der Waals surface area contributed by atoms with E-state index < -0.39 is 33.3 Å². The molecule has 1 fully saturated rings. The van der Waals surface area contributed by atoms with Crippen LogP contribution in [0.3, 0.4) is 0 Å². The van der Waals surface area contributed by atoms with Crippen LogP contribution in [0.5, 0.6) is 0 Å². The Morgan fingerprint density at radius 1 is 1.08 bits per heavy atom. The molecule has 1 aromatic carbocycles. The van der Waals surface area contributed by atoms with Gasteiger partial charge >= 0.3 is 5.97 Å². The second-order valence-corrected chi connectivity index (χ2v) is 9.47. The molecule has 6 nitrogen and oxygen atoms in total. The lowest BCUT2D eigenvalue weighted by molar-refractivity contribution is -0.272. The molecule has 0 N–H and O–H groups in total. The molecule has 0 bridgehead atoms. The van der Waals surface area contributed by atoms with Crippen LogP contribution in [0.4, 0.5) is 0 Å². The highest BCUT2D eigenvalue weighted by molar-refractivity contribution is 7.86. The first kappa shape index (κ1) is 19.9. The molecule has 0 unspecified atom stereocenters. The van der Waals surface area contributed by atoms with Gasteiger partial charge < -0.3 is 4.84 Å². The molecule has 140 valence electrons. The number of aryl methyl sites for hydroxylation is 1. The van der Waals surface area contributed by atoms with Crippen LogP contribution in [0.1, 0.15) is 53.0 Å². The first-order valence-corrected chi connectivity index (χ1v) is 9.73. The summed E-state index contributed by atoms with van der Waals surface area (Å²) in [7, 11) is -3.84. The molecule has 0 spiro atoms. The van der Waals surface area contributed by atoms with Gasteiger partial charge in [-0.1, -0.05) is 17.7 Å². The van der Waals surface area contributed by atoms with Crippen molar-refractivity contribution in [1.82, 2.24) is 5.06 Å². The predicted molar refractivity (Wildman–Crippen MR) is 94.2 cm³/mol. The van der Waals surface area contributed by atoms with Crippen LogP contribution in [-0.4, -0.2) is 36.6 Å². The fourth-order valence-electron chi connectivity index (χ4n) is 3.56. The van der Waals surface area contributed by atoms with Crippen LogP contribution in [0, 0.1) is 6.92 Å². The van der Waals surface area contributed by atoms with Gasteiger partial charge in [-0.15, -0.1) is 5.06 Å². The van der Waals surface area contributed by atoms with Crippen molar-refractivity contribution in [3.8, 4) is 0 Å². The molecule has 0 amide bonds. The molecule has 0 aliphatic carbocycles. The second kappa shape index (κ2) is 6.70. The van der Waals surface area contributed by atoms with E-state index in [1.165, 1.54) is 6.92 Å². The van der Waals surface area contributed by atoms with Crippen molar-refractivity contribution in [2.75, 3.05) is 0 Å². The van der Waals surface area contributed by atoms with Gasteiger partial charge in [0.25, 0.3) is 10.1 Å². The number of piperidine rings is 1. The maximum absolute atomic E-state index is 12.6. The maximum Gasteiger partial charge on any atom is 0.322 e. The zero-order valence-electron chi connectivity index (χ0n) is 15.7. The fourth-order valence-corrected chi connectivity index (χ4v) is 4.63. The summed E-state index contributed by atoms with van der Waals surface area (Å²) in [6.45, 7) is 10.9. The smallest absolute Gasteiger partial charge is 0.322 e. The molecular weight excluding hydrogens is 342 g/mol. The Bertz CT molecular complexity index is 719. The third-order valence-corrected chi connectivity index (χ3v) is 5.72. The number of benzene rings is 1. The van der Waals surface area contributed by atoms with Crippen LogP contribution in [0.15, 0.2) is 29.2 Å². The Balaban J connectivity index is 2.22. The number of nitrogens with zero attached hydrogens (tertiary/aromatic N) is 1. The molecule has 1 aliphatic rings. The lowest BCUT2D eigenvalue weighted by Crippen LogP contribution is -2.62. The van der Waals surface area contributed by atoms with E-state index in [2.05, 4.69) is 0 Å². The fraction of sp³-hybridized carbons (Fsp3) is 0.611. The molecule has 0 radical (unpaired) electrons. The van der Waals surface area contributed by atoms with Crippen LogP contribution < -0.4 is 0 Å². The number of rotatable bonds is 4. The van der Waals surface area contributed by atoms with Crippen LogP contribution in [0.2, 0.25) is 0 Å². The average Bonchev–Trinajstić information content (AvgIpc) is 2.42.